The van der Waals surface area contributed by atoms with Gasteiger partial charge in [0.1, 0.15) is 0 Å². The molecule has 0 saturated heterocycles. The molecule has 0 aliphatic carbocycles. The molecule has 0 aliphatic rings. The van der Waals surface area contributed by atoms with Crippen molar-refractivity contribution in [3.05, 3.63) is 0 Å². The summed E-state index contributed by atoms with van der Waals surface area (Å²) in [5, 5.41) is 23.3. The van der Waals surface area contributed by atoms with Crippen molar-refractivity contribution in [3.63, 3.8) is 0 Å². The van der Waals surface area contributed by atoms with Crippen LogP contribution < -0.4 is 5.32 Å². The molecule has 0 saturated carbocycles. The molecule has 2 unspecified atom stereocenters. The Labute approximate surface area is 432 Å². The molecule has 0 heterocycles. The van der Waals surface area contributed by atoms with Gasteiger partial charge in [0, 0.05) is 12.8 Å². The minimum atomic E-state index is -0.667. The molecule has 69 heavy (non-hydrogen) atoms. The Morgan fingerprint density at radius 1 is 0.348 bits per heavy atom. The standard InChI is InChI=1S/C63H125NO5/c1-3-5-7-9-11-13-15-17-19-21-25-29-33-37-41-45-49-53-57-63(68)69-58-54-50-46-42-38-34-30-26-22-24-28-32-36-40-44-48-52-56-62(67)64-60(59-65)61(66)55-51-47-43-39-35-31-27-23-20-18-16-14-12-10-8-6-4-2/h60-61,65-66H,3-59H2,1-2H3,(H,64,67). The summed E-state index contributed by atoms with van der Waals surface area (Å²) < 4.78 is 5.50. The van der Waals surface area contributed by atoms with Crippen molar-refractivity contribution in [3.8, 4) is 0 Å². The van der Waals surface area contributed by atoms with Crippen LogP contribution in [0, 0.1) is 0 Å². The first kappa shape index (κ1) is 67.9. The molecule has 6 nitrogen and oxygen atoms in total. The van der Waals surface area contributed by atoms with E-state index < -0.39 is 12.1 Å². The smallest absolute Gasteiger partial charge is 0.305 e. The molecule has 0 aromatic rings. The molecule has 0 spiro atoms. The second-order valence-corrected chi connectivity index (χ2v) is 22.1. The summed E-state index contributed by atoms with van der Waals surface area (Å²) in [6.45, 7) is 4.98. The number of unbranched alkanes of at least 4 members (excludes halogenated alkanes) is 49. The molecule has 6 heteroatoms. The minimum absolute atomic E-state index is 0.0111. The zero-order valence-electron chi connectivity index (χ0n) is 47.1. The number of esters is 1. The molecule has 2 atom stereocenters. The first-order chi connectivity index (χ1) is 34.0. The third kappa shape index (κ3) is 56.0. The van der Waals surface area contributed by atoms with Gasteiger partial charge in [0.15, 0.2) is 0 Å². The van der Waals surface area contributed by atoms with E-state index in [0.29, 0.717) is 25.9 Å². The molecule has 0 bridgehead atoms. The predicted molar refractivity (Wildman–Crippen MR) is 301 cm³/mol. The van der Waals surface area contributed by atoms with E-state index in [1.165, 1.54) is 295 Å². The highest BCUT2D eigenvalue weighted by Crippen LogP contribution is 2.19. The highest BCUT2D eigenvalue weighted by Gasteiger charge is 2.20. The highest BCUT2D eigenvalue weighted by atomic mass is 16.5. The maximum absolute atomic E-state index is 12.5. The van der Waals surface area contributed by atoms with Gasteiger partial charge in [-0.05, 0) is 25.7 Å². The van der Waals surface area contributed by atoms with Gasteiger partial charge in [-0.25, -0.2) is 0 Å². The molecule has 1 amide bonds. The fourth-order valence-corrected chi connectivity index (χ4v) is 10.3. The first-order valence-electron chi connectivity index (χ1n) is 31.8. The second kappa shape index (κ2) is 59.4. The van der Waals surface area contributed by atoms with Gasteiger partial charge in [-0.1, -0.05) is 328 Å². The van der Waals surface area contributed by atoms with Crippen molar-refractivity contribution >= 4 is 11.9 Å². The van der Waals surface area contributed by atoms with Crippen LogP contribution in [0.15, 0.2) is 0 Å². The maximum atomic E-state index is 12.5. The Morgan fingerprint density at radius 3 is 0.884 bits per heavy atom. The van der Waals surface area contributed by atoms with Gasteiger partial charge in [-0.2, -0.15) is 0 Å². The topological polar surface area (TPSA) is 95.9 Å². The monoisotopic (exact) mass is 976 g/mol. The Hall–Kier alpha value is -1.14. The lowest BCUT2D eigenvalue weighted by Gasteiger charge is -2.22. The van der Waals surface area contributed by atoms with E-state index in [-0.39, 0.29) is 18.5 Å². The molecule has 0 aromatic carbocycles. The number of amides is 1. The summed E-state index contributed by atoms with van der Waals surface area (Å²) in [7, 11) is 0. The fourth-order valence-electron chi connectivity index (χ4n) is 10.3. The summed E-state index contributed by atoms with van der Waals surface area (Å²) in [6.07, 6.45) is 69.7. The predicted octanol–water partition coefficient (Wildman–Crippen LogP) is 19.9. The van der Waals surface area contributed by atoms with Crippen LogP contribution in [0.3, 0.4) is 0 Å². The lowest BCUT2D eigenvalue weighted by atomic mass is 10.0. The van der Waals surface area contributed by atoms with E-state index in [2.05, 4.69) is 19.2 Å². The second-order valence-electron chi connectivity index (χ2n) is 22.1. The molecular formula is C63H125NO5. The van der Waals surface area contributed by atoms with Gasteiger partial charge >= 0.3 is 5.97 Å². The largest absolute Gasteiger partial charge is 0.466 e. The Morgan fingerprint density at radius 2 is 0.594 bits per heavy atom. The van der Waals surface area contributed by atoms with Crippen molar-refractivity contribution in [1.82, 2.24) is 5.32 Å². The lowest BCUT2D eigenvalue weighted by molar-refractivity contribution is -0.143. The number of hydrogen-bond donors (Lipinski definition) is 3. The zero-order chi connectivity index (χ0) is 50.0. The maximum Gasteiger partial charge on any atom is 0.305 e. The molecule has 0 fully saturated rings. The number of carbonyl (C=O) groups excluding carboxylic acids is 2. The van der Waals surface area contributed by atoms with Crippen molar-refractivity contribution in [2.75, 3.05) is 13.2 Å². The van der Waals surface area contributed by atoms with E-state index in [9.17, 15) is 19.8 Å². The average molecular weight is 977 g/mol. The third-order valence-electron chi connectivity index (χ3n) is 15.2. The summed E-state index contributed by atoms with van der Waals surface area (Å²) in [4.78, 5) is 24.6. The lowest BCUT2D eigenvalue weighted by Crippen LogP contribution is -2.45. The van der Waals surface area contributed by atoms with Crippen LogP contribution in [0.2, 0.25) is 0 Å². The van der Waals surface area contributed by atoms with Crippen LogP contribution >= 0.6 is 0 Å². The van der Waals surface area contributed by atoms with Crippen LogP contribution in [-0.2, 0) is 14.3 Å². The fraction of sp³-hybridized carbons (Fsp3) is 0.968. The third-order valence-corrected chi connectivity index (χ3v) is 15.2. The average Bonchev–Trinajstić information content (AvgIpc) is 3.35. The molecule has 412 valence electrons. The van der Waals surface area contributed by atoms with Crippen LogP contribution in [0.1, 0.15) is 367 Å². The van der Waals surface area contributed by atoms with Crippen molar-refractivity contribution in [1.29, 1.82) is 0 Å². The number of aliphatic hydroxyl groups is 2. The quantitative estimate of drug-likeness (QED) is 0.0417. The molecule has 0 radical (unpaired) electrons. The SMILES string of the molecule is CCCCCCCCCCCCCCCCCCCCC(=O)OCCCCCCCCCCCCCCCCCCCC(=O)NC(CO)C(O)CCCCCCCCCCCCCCCCCCC. The highest BCUT2D eigenvalue weighted by molar-refractivity contribution is 5.76. The Balaban J connectivity index is 3.38. The molecular weight excluding hydrogens is 851 g/mol. The molecule has 0 aromatic heterocycles. The van der Waals surface area contributed by atoms with Gasteiger partial charge in [-0.15, -0.1) is 0 Å². The van der Waals surface area contributed by atoms with E-state index in [1.807, 2.05) is 0 Å². The van der Waals surface area contributed by atoms with Gasteiger partial charge < -0.3 is 20.3 Å². The van der Waals surface area contributed by atoms with Gasteiger partial charge in [0.2, 0.25) is 5.91 Å². The number of aliphatic hydroxyl groups excluding tert-OH is 2. The number of hydrogen-bond acceptors (Lipinski definition) is 5. The van der Waals surface area contributed by atoms with E-state index >= 15 is 0 Å². The molecule has 0 rings (SSSR count). The Kier molecular flexibility index (Phi) is 58.4. The van der Waals surface area contributed by atoms with Gasteiger partial charge in [-0.3, -0.25) is 9.59 Å². The number of rotatable bonds is 60. The summed E-state index contributed by atoms with van der Waals surface area (Å²) in [6, 6.07) is -0.544. The molecule has 3 N–H and O–H groups in total. The zero-order valence-corrected chi connectivity index (χ0v) is 47.1. The molecule has 0 aliphatic heterocycles. The first-order valence-corrected chi connectivity index (χ1v) is 31.8. The number of nitrogens with one attached hydrogen (secondary N) is 1. The van der Waals surface area contributed by atoms with Gasteiger partial charge in [0.25, 0.3) is 0 Å². The van der Waals surface area contributed by atoms with Crippen molar-refractivity contribution in [2.24, 2.45) is 0 Å². The number of carbonyl (C=O) groups is 2. The van der Waals surface area contributed by atoms with E-state index in [4.69, 9.17) is 4.74 Å². The van der Waals surface area contributed by atoms with Crippen molar-refractivity contribution in [2.45, 2.75) is 379 Å². The number of ether oxygens (including phenoxy) is 1. The van der Waals surface area contributed by atoms with Gasteiger partial charge in [0.05, 0.1) is 25.4 Å². The van der Waals surface area contributed by atoms with Crippen LogP contribution in [-0.4, -0.2) is 47.4 Å². The van der Waals surface area contributed by atoms with E-state index in [0.717, 1.165) is 38.5 Å². The normalized spacial score (nSPS) is 12.5. The summed E-state index contributed by atoms with van der Waals surface area (Å²) >= 11 is 0. The van der Waals surface area contributed by atoms with Crippen LogP contribution in [0.25, 0.3) is 0 Å². The minimum Gasteiger partial charge on any atom is -0.466 e. The summed E-state index contributed by atoms with van der Waals surface area (Å²) in [5.41, 5.74) is 0. The Bertz CT molecular complexity index is 990. The van der Waals surface area contributed by atoms with E-state index in [1.54, 1.807) is 0 Å². The van der Waals surface area contributed by atoms with Crippen LogP contribution in [0.5, 0.6) is 0 Å². The van der Waals surface area contributed by atoms with Crippen LogP contribution in [0.4, 0.5) is 0 Å². The van der Waals surface area contributed by atoms with Crippen molar-refractivity contribution < 1.29 is 24.5 Å². The summed E-state index contributed by atoms with van der Waals surface area (Å²) in [5.74, 6) is -0.0251.